The summed E-state index contributed by atoms with van der Waals surface area (Å²) in [7, 11) is 0. The Morgan fingerprint density at radius 3 is 2.79 bits per heavy atom. The number of aromatic nitrogens is 4. The van der Waals surface area contributed by atoms with Gasteiger partial charge in [0.15, 0.2) is 5.65 Å². The quantitative estimate of drug-likeness (QED) is 0.461. The summed E-state index contributed by atoms with van der Waals surface area (Å²) in [5.41, 5.74) is 3.10. The third-order valence-corrected chi connectivity index (χ3v) is 7.10. The Morgan fingerprint density at radius 2 is 2.06 bits per heavy atom. The molecule has 0 bridgehead atoms. The van der Waals surface area contributed by atoms with Crippen molar-refractivity contribution in [2.24, 2.45) is 5.92 Å². The first-order chi connectivity index (χ1) is 16.1. The minimum absolute atomic E-state index is 0.129. The van der Waals surface area contributed by atoms with Gasteiger partial charge < -0.3 is 10.2 Å². The van der Waals surface area contributed by atoms with Gasteiger partial charge in [0, 0.05) is 36.4 Å². The van der Waals surface area contributed by atoms with Gasteiger partial charge in [0.2, 0.25) is 0 Å². The van der Waals surface area contributed by atoms with E-state index < -0.39 is 0 Å². The zero-order valence-electron chi connectivity index (χ0n) is 19.0. The Bertz CT molecular complexity index is 1240. The number of carbonyl (C=O) groups excluding carboxylic acids is 1. The number of pyridine rings is 2. The number of carbonyl (C=O) groups is 1. The molecule has 0 atom stereocenters. The van der Waals surface area contributed by atoms with Crippen LogP contribution in [-0.2, 0) is 13.1 Å². The zero-order valence-corrected chi connectivity index (χ0v) is 19.8. The Hall–Kier alpha value is -3.26. The number of anilines is 1. The van der Waals surface area contributed by atoms with Crippen LogP contribution in [0.3, 0.4) is 0 Å². The summed E-state index contributed by atoms with van der Waals surface area (Å²) in [5, 5.41) is 10.4. The normalized spacial score (nSPS) is 14.7. The van der Waals surface area contributed by atoms with Crippen LogP contribution in [0.4, 0.5) is 5.82 Å². The molecule has 1 aliphatic rings. The first kappa shape index (κ1) is 21.6. The van der Waals surface area contributed by atoms with Crippen LogP contribution in [0, 0.1) is 12.8 Å². The zero-order chi connectivity index (χ0) is 22.8. The van der Waals surface area contributed by atoms with E-state index in [0.29, 0.717) is 18.7 Å². The molecule has 0 spiro atoms. The third-order valence-electron chi connectivity index (χ3n) is 6.24. The molecule has 0 radical (unpaired) electrons. The number of nitrogens with one attached hydrogen (secondary N) is 1. The minimum Gasteiger partial charge on any atom is -0.357 e. The fraction of sp³-hybridized carbons (Fsp3) is 0.360. The lowest BCUT2D eigenvalue weighted by Crippen LogP contribution is -2.33. The van der Waals surface area contributed by atoms with Crippen LogP contribution >= 0.6 is 11.3 Å². The number of piperidine rings is 1. The van der Waals surface area contributed by atoms with Gasteiger partial charge in [-0.2, -0.15) is 5.10 Å². The summed E-state index contributed by atoms with van der Waals surface area (Å²) in [6.45, 7) is 7.40. The van der Waals surface area contributed by atoms with Crippen LogP contribution in [0.1, 0.15) is 46.3 Å². The van der Waals surface area contributed by atoms with Crippen molar-refractivity contribution in [3.63, 3.8) is 0 Å². The summed E-state index contributed by atoms with van der Waals surface area (Å²) < 4.78 is 1.86. The second-order valence-corrected chi connectivity index (χ2v) is 9.84. The van der Waals surface area contributed by atoms with Crippen LogP contribution in [0.5, 0.6) is 0 Å². The van der Waals surface area contributed by atoms with Crippen LogP contribution in [0.15, 0.2) is 48.1 Å². The number of thiophene rings is 1. The van der Waals surface area contributed by atoms with Crippen molar-refractivity contribution in [2.45, 2.75) is 39.8 Å². The number of fused-ring (bicyclic) bond motifs is 1. The van der Waals surface area contributed by atoms with Gasteiger partial charge in [0.1, 0.15) is 5.82 Å². The molecule has 8 heteroatoms. The average Bonchev–Trinajstić information content (AvgIpc) is 3.48. The molecule has 4 aromatic rings. The molecule has 0 aliphatic carbocycles. The highest BCUT2D eigenvalue weighted by molar-refractivity contribution is 7.09. The molecule has 7 nitrogen and oxygen atoms in total. The van der Waals surface area contributed by atoms with Crippen molar-refractivity contribution in [1.29, 1.82) is 0 Å². The topological polar surface area (TPSA) is 75.9 Å². The monoisotopic (exact) mass is 460 g/mol. The number of aryl methyl sites for hydroxylation is 1. The summed E-state index contributed by atoms with van der Waals surface area (Å²) in [5.74, 6) is 1.68. The molecule has 4 aromatic heterocycles. The van der Waals surface area contributed by atoms with E-state index in [0.717, 1.165) is 47.1 Å². The Labute approximate surface area is 197 Å². The first-order valence-electron chi connectivity index (χ1n) is 11.4. The Morgan fingerprint density at radius 1 is 1.21 bits per heavy atom. The highest BCUT2D eigenvalue weighted by Crippen LogP contribution is 2.22. The standard InChI is InChI=1S/C25H28N6OS/c1-17-7-9-30(10-8-17)23-6-5-19(13-26-23)14-27-25(32)21-12-18(2)29-24-22(21)15-28-31(24)16-20-4-3-11-33-20/h3-6,11-13,15,17H,7-10,14,16H2,1-2H3,(H,27,32). The number of hydrogen-bond donors (Lipinski definition) is 1. The van der Waals surface area contributed by atoms with Gasteiger partial charge in [-0.05, 0) is 54.8 Å². The van der Waals surface area contributed by atoms with Gasteiger partial charge in [0.05, 0.1) is 23.7 Å². The van der Waals surface area contributed by atoms with Crippen LogP contribution in [0.25, 0.3) is 11.0 Å². The fourth-order valence-electron chi connectivity index (χ4n) is 4.25. The molecular formula is C25H28N6OS. The van der Waals surface area contributed by atoms with Crippen LogP contribution < -0.4 is 10.2 Å². The molecular weight excluding hydrogens is 432 g/mol. The van der Waals surface area contributed by atoms with E-state index in [1.165, 1.54) is 17.7 Å². The molecule has 1 saturated heterocycles. The molecule has 5 rings (SSSR count). The van der Waals surface area contributed by atoms with Crippen molar-refractivity contribution in [1.82, 2.24) is 25.1 Å². The molecule has 5 heterocycles. The maximum Gasteiger partial charge on any atom is 0.252 e. The van der Waals surface area contributed by atoms with Crippen molar-refractivity contribution in [2.75, 3.05) is 18.0 Å². The van der Waals surface area contributed by atoms with E-state index in [2.05, 4.69) is 44.3 Å². The van der Waals surface area contributed by atoms with Gasteiger partial charge in [-0.15, -0.1) is 11.3 Å². The lowest BCUT2D eigenvalue weighted by molar-refractivity contribution is 0.0952. The van der Waals surface area contributed by atoms with Crippen molar-refractivity contribution in [3.05, 3.63) is 69.8 Å². The van der Waals surface area contributed by atoms with E-state index in [1.54, 1.807) is 17.5 Å². The van der Waals surface area contributed by atoms with E-state index in [4.69, 9.17) is 0 Å². The SMILES string of the molecule is Cc1cc(C(=O)NCc2ccc(N3CCC(C)CC3)nc2)c2cnn(Cc3cccs3)c2n1. The molecule has 33 heavy (non-hydrogen) atoms. The second-order valence-electron chi connectivity index (χ2n) is 8.81. The number of nitrogens with zero attached hydrogens (tertiary/aromatic N) is 5. The van der Waals surface area contributed by atoms with Crippen molar-refractivity contribution >= 4 is 34.1 Å². The number of rotatable bonds is 6. The molecule has 170 valence electrons. The molecule has 1 fully saturated rings. The van der Waals surface area contributed by atoms with Crippen LogP contribution in [-0.4, -0.2) is 38.7 Å². The molecule has 0 unspecified atom stereocenters. The Kier molecular flexibility index (Phi) is 6.09. The third kappa shape index (κ3) is 4.75. The highest BCUT2D eigenvalue weighted by atomic mass is 32.1. The van der Waals surface area contributed by atoms with Crippen molar-refractivity contribution in [3.8, 4) is 0 Å². The maximum atomic E-state index is 13.1. The van der Waals surface area contributed by atoms with Gasteiger partial charge in [-0.3, -0.25) is 4.79 Å². The second kappa shape index (κ2) is 9.31. The molecule has 1 N–H and O–H groups in total. The number of amides is 1. The minimum atomic E-state index is -0.129. The molecule has 0 aromatic carbocycles. The summed E-state index contributed by atoms with van der Waals surface area (Å²) in [4.78, 5) is 25.9. The molecule has 1 amide bonds. The van der Waals surface area contributed by atoms with E-state index in [1.807, 2.05) is 41.4 Å². The predicted molar refractivity (Wildman–Crippen MR) is 132 cm³/mol. The molecule has 1 aliphatic heterocycles. The van der Waals surface area contributed by atoms with Gasteiger partial charge in [-0.1, -0.05) is 19.1 Å². The largest absolute Gasteiger partial charge is 0.357 e. The average molecular weight is 461 g/mol. The number of hydrogen-bond acceptors (Lipinski definition) is 6. The smallest absolute Gasteiger partial charge is 0.252 e. The Balaban J connectivity index is 1.28. The van der Waals surface area contributed by atoms with Gasteiger partial charge in [-0.25, -0.2) is 14.6 Å². The highest BCUT2D eigenvalue weighted by Gasteiger charge is 2.18. The summed E-state index contributed by atoms with van der Waals surface area (Å²) in [6.07, 6.45) is 6.02. The summed E-state index contributed by atoms with van der Waals surface area (Å²) >= 11 is 1.68. The molecule has 0 saturated carbocycles. The fourth-order valence-corrected chi connectivity index (χ4v) is 4.94. The van der Waals surface area contributed by atoms with E-state index >= 15 is 0 Å². The van der Waals surface area contributed by atoms with Crippen LogP contribution in [0.2, 0.25) is 0 Å². The lowest BCUT2D eigenvalue weighted by atomic mass is 9.99. The first-order valence-corrected chi connectivity index (χ1v) is 12.3. The van der Waals surface area contributed by atoms with Gasteiger partial charge in [0.25, 0.3) is 5.91 Å². The van der Waals surface area contributed by atoms with Crippen molar-refractivity contribution < 1.29 is 4.79 Å². The predicted octanol–water partition coefficient (Wildman–Crippen LogP) is 4.41. The van der Waals surface area contributed by atoms with Gasteiger partial charge >= 0.3 is 0 Å². The lowest BCUT2D eigenvalue weighted by Gasteiger charge is -2.31. The van der Waals surface area contributed by atoms with E-state index in [9.17, 15) is 4.79 Å². The van der Waals surface area contributed by atoms with E-state index in [-0.39, 0.29) is 5.91 Å². The summed E-state index contributed by atoms with van der Waals surface area (Å²) in [6, 6.07) is 10.0. The maximum absolute atomic E-state index is 13.1.